The highest BCUT2D eigenvalue weighted by Crippen LogP contribution is 2.36. The molecular weight excluding hydrogens is 328 g/mol. The van der Waals surface area contributed by atoms with Gasteiger partial charge in [-0.3, -0.25) is 4.79 Å². The number of carbonyl (C=O) groups excluding carboxylic acids is 1. The number of amides is 1. The number of rotatable bonds is 3. The molecule has 0 saturated carbocycles. The van der Waals surface area contributed by atoms with E-state index in [4.69, 9.17) is 17.3 Å². The molecule has 2 heterocycles. The van der Waals surface area contributed by atoms with E-state index < -0.39 is 5.91 Å². The van der Waals surface area contributed by atoms with Crippen molar-refractivity contribution in [3.05, 3.63) is 69.4 Å². The van der Waals surface area contributed by atoms with E-state index in [-0.39, 0.29) is 0 Å². The number of carbonyl (C=O) groups is 1. The van der Waals surface area contributed by atoms with E-state index >= 15 is 0 Å². The maximum absolute atomic E-state index is 11.9. The lowest BCUT2D eigenvalue weighted by molar-refractivity contribution is 0.100. The highest BCUT2D eigenvalue weighted by Gasteiger charge is 2.18. The summed E-state index contributed by atoms with van der Waals surface area (Å²) in [6.07, 6.45) is 0. The molecule has 0 aliphatic heterocycles. The summed E-state index contributed by atoms with van der Waals surface area (Å²) in [6, 6.07) is 13.5. The average molecular weight is 341 g/mol. The zero-order chi connectivity index (χ0) is 16.0. The van der Waals surface area contributed by atoms with E-state index in [9.17, 15) is 4.79 Å². The molecule has 0 radical (unpaired) electrons. The minimum atomic E-state index is -0.426. The minimum Gasteiger partial charge on any atom is -0.366 e. The molecule has 2 N–H and O–H groups in total. The minimum absolute atomic E-state index is 0.426. The van der Waals surface area contributed by atoms with Gasteiger partial charge < -0.3 is 10.3 Å². The number of thiophene rings is 1. The predicted molar refractivity (Wildman–Crippen MR) is 96.4 cm³/mol. The number of para-hydroxylation sites is 1. The van der Waals surface area contributed by atoms with Crippen molar-refractivity contribution in [2.75, 3.05) is 0 Å². The van der Waals surface area contributed by atoms with Gasteiger partial charge in [-0.25, -0.2) is 0 Å². The quantitative estimate of drug-likeness (QED) is 0.579. The lowest BCUT2D eigenvalue weighted by Gasteiger charge is -2.07. The van der Waals surface area contributed by atoms with E-state index in [1.54, 1.807) is 17.4 Å². The molecule has 0 spiro atoms. The van der Waals surface area contributed by atoms with Crippen molar-refractivity contribution in [3.63, 3.8) is 0 Å². The van der Waals surface area contributed by atoms with Gasteiger partial charge in [-0.15, -0.1) is 0 Å². The first kappa shape index (κ1) is 14.3. The highest BCUT2D eigenvalue weighted by molar-refractivity contribution is 7.07. The third-order valence-electron chi connectivity index (χ3n) is 4.05. The van der Waals surface area contributed by atoms with E-state index in [1.165, 1.54) is 5.56 Å². The van der Waals surface area contributed by atoms with E-state index in [0.717, 1.165) is 21.8 Å². The van der Waals surface area contributed by atoms with Crippen LogP contribution in [0.1, 0.15) is 15.9 Å². The first-order chi connectivity index (χ1) is 11.2. The zero-order valence-electron chi connectivity index (χ0n) is 12.1. The number of hydrogen-bond donors (Lipinski definition) is 1. The molecule has 0 atom stereocenters. The van der Waals surface area contributed by atoms with Gasteiger partial charge in [0.1, 0.15) is 0 Å². The fourth-order valence-corrected chi connectivity index (χ4v) is 4.03. The molecule has 1 amide bonds. The third-order valence-corrected chi connectivity index (χ3v) is 5.08. The van der Waals surface area contributed by atoms with Crippen LogP contribution in [-0.4, -0.2) is 10.5 Å². The fraction of sp³-hybridized carbons (Fsp3) is 0.0556. The van der Waals surface area contributed by atoms with Crippen molar-refractivity contribution in [2.24, 2.45) is 5.73 Å². The maximum atomic E-state index is 11.9. The van der Waals surface area contributed by atoms with E-state index in [1.807, 2.05) is 30.3 Å². The van der Waals surface area contributed by atoms with Crippen LogP contribution in [0.4, 0.5) is 0 Å². The summed E-state index contributed by atoms with van der Waals surface area (Å²) in [6.45, 7) is 0.704. The third kappa shape index (κ3) is 2.22. The van der Waals surface area contributed by atoms with Gasteiger partial charge in [-0.2, -0.15) is 11.3 Å². The van der Waals surface area contributed by atoms with Gasteiger partial charge in [0, 0.05) is 22.9 Å². The number of fused-ring (bicyclic) bond motifs is 3. The van der Waals surface area contributed by atoms with Crippen LogP contribution >= 0.6 is 22.9 Å². The van der Waals surface area contributed by atoms with Crippen LogP contribution in [0.2, 0.25) is 5.02 Å². The van der Waals surface area contributed by atoms with Gasteiger partial charge >= 0.3 is 0 Å². The van der Waals surface area contributed by atoms with E-state index in [0.29, 0.717) is 17.1 Å². The van der Waals surface area contributed by atoms with Crippen molar-refractivity contribution in [3.8, 4) is 0 Å². The van der Waals surface area contributed by atoms with Crippen LogP contribution in [0.5, 0.6) is 0 Å². The lowest BCUT2D eigenvalue weighted by Crippen LogP contribution is -2.11. The molecular formula is C18H13ClN2OS. The Hall–Kier alpha value is -2.30. The number of benzene rings is 2. The Balaban J connectivity index is 2.14. The number of hydrogen-bond acceptors (Lipinski definition) is 2. The first-order valence-corrected chi connectivity index (χ1v) is 8.49. The first-order valence-electron chi connectivity index (χ1n) is 7.17. The monoisotopic (exact) mass is 340 g/mol. The molecule has 4 rings (SSSR count). The normalized spacial score (nSPS) is 11.3. The van der Waals surface area contributed by atoms with Gasteiger partial charge in [-0.1, -0.05) is 29.8 Å². The van der Waals surface area contributed by atoms with Crippen molar-refractivity contribution in [1.82, 2.24) is 4.57 Å². The zero-order valence-corrected chi connectivity index (χ0v) is 13.7. The molecule has 4 aromatic rings. The van der Waals surface area contributed by atoms with Crippen molar-refractivity contribution in [1.29, 1.82) is 0 Å². The Bertz CT molecular complexity index is 1030. The standard InChI is InChI=1S/C18H13ClN2OS/c19-14-5-1-3-12-16-13(18(20)22)4-2-6-15(16)21(17(12)14)9-11-7-8-23-10-11/h1-8,10H,9H2,(H2,20,22). The predicted octanol–water partition coefficient (Wildman–Crippen LogP) is 4.66. The summed E-state index contributed by atoms with van der Waals surface area (Å²) in [5, 5.41) is 6.67. The molecule has 23 heavy (non-hydrogen) atoms. The Morgan fingerprint density at radius 2 is 2.00 bits per heavy atom. The molecule has 0 fully saturated rings. The fourth-order valence-electron chi connectivity index (χ4n) is 3.09. The SMILES string of the molecule is NC(=O)c1cccc2c1c1cccc(Cl)c1n2Cc1ccsc1. The Morgan fingerprint density at radius 1 is 1.17 bits per heavy atom. The molecule has 114 valence electrons. The molecule has 2 aromatic carbocycles. The summed E-state index contributed by atoms with van der Waals surface area (Å²) >= 11 is 8.14. The molecule has 3 nitrogen and oxygen atoms in total. The van der Waals surface area contributed by atoms with Crippen LogP contribution in [0, 0.1) is 0 Å². The van der Waals surface area contributed by atoms with Gasteiger partial charge in [0.2, 0.25) is 5.91 Å². The molecule has 0 unspecified atom stereocenters. The van der Waals surface area contributed by atoms with Crippen molar-refractivity contribution < 1.29 is 4.79 Å². The maximum Gasteiger partial charge on any atom is 0.249 e. The Kier molecular flexibility index (Phi) is 3.36. The summed E-state index contributed by atoms with van der Waals surface area (Å²) in [5.74, 6) is -0.426. The number of halogens is 1. The second-order valence-electron chi connectivity index (χ2n) is 5.42. The van der Waals surface area contributed by atoms with Crippen molar-refractivity contribution in [2.45, 2.75) is 6.54 Å². The summed E-state index contributed by atoms with van der Waals surface area (Å²) < 4.78 is 2.15. The summed E-state index contributed by atoms with van der Waals surface area (Å²) in [5.41, 5.74) is 9.21. The Morgan fingerprint density at radius 3 is 2.74 bits per heavy atom. The molecule has 5 heteroatoms. The van der Waals surface area contributed by atoms with Gasteiger partial charge in [0.25, 0.3) is 0 Å². The second kappa shape index (κ2) is 5.41. The summed E-state index contributed by atoms with van der Waals surface area (Å²) in [7, 11) is 0. The van der Waals surface area contributed by atoms with Crippen molar-refractivity contribution >= 4 is 50.7 Å². The molecule has 0 saturated heterocycles. The highest BCUT2D eigenvalue weighted by atomic mass is 35.5. The lowest BCUT2D eigenvalue weighted by atomic mass is 10.1. The van der Waals surface area contributed by atoms with Crippen LogP contribution in [-0.2, 0) is 6.54 Å². The van der Waals surface area contributed by atoms with Crippen LogP contribution in [0.3, 0.4) is 0 Å². The van der Waals surface area contributed by atoms with Crippen LogP contribution in [0.25, 0.3) is 21.8 Å². The summed E-state index contributed by atoms with van der Waals surface area (Å²) in [4.78, 5) is 11.9. The molecule has 2 aromatic heterocycles. The topological polar surface area (TPSA) is 48.0 Å². The van der Waals surface area contributed by atoms with Crippen LogP contribution < -0.4 is 5.73 Å². The van der Waals surface area contributed by atoms with E-state index in [2.05, 4.69) is 21.4 Å². The number of nitrogens with zero attached hydrogens (tertiary/aromatic N) is 1. The largest absolute Gasteiger partial charge is 0.366 e. The Labute approximate surface area is 141 Å². The van der Waals surface area contributed by atoms with Crippen LogP contribution in [0.15, 0.2) is 53.2 Å². The van der Waals surface area contributed by atoms with Gasteiger partial charge in [-0.05, 0) is 40.6 Å². The number of aromatic nitrogens is 1. The van der Waals surface area contributed by atoms with Gasteiger partial charge in [0.15, 0.2) is 0 Å². The molecule has 0 bridgehead atoms. The number of primary amides is 1. The molecule has 0 aliphatic rings. The van der Waals surface area contributed by atoms with Gasteiger partial charge in [0.05, 0.1) is 16.1 Å². The average Bonchev–Trinajstić information content (AvgIpc) is 3.15. The smallest absolute Gasteiger partial charge is 0.249 e. The number of nitrogens with two attached hydrogens (primary N) is 1. The molecule has 0 aliphatic carbocycles. The second-order valence-corrected chi connectivity index (χ2v) is 6.60.